The Bertz CT molecular complexity index is 2440. The minimum atomic E-state index is -1.16. The summed E-state index contributed by atoms with van der Waals surface area (Å²) < 4.78 is 8.41. The molecule has 342 valence electrons. The predicted octanol–water partition coefficient (Wildman–Crippen LogP) is 4.56. The van der Waals surface area contributed by atoms with Crippen LogP contribution in [0.3, 0.4) is 0 Å². The number of phenolic OH excluding ortho intramolecular Hbond substituents is 1. The number of fused-ring (bicyclic) bond motifs is 6. The van der Waals surface area contributed by atoms with Gasteiger partial charge in [0, 0.05) is 74.4 Å². The molecule has 7 rings (SSSR count). The molecule has 3 N–H and O–H groups in total. The highest BCUT2D eigenvalue weighted by Gasteiger charge is 2.41. The van der Waals surface area contributed by atoms with Crippen LogP contribution in [-0.4, -0.2) is 136 Å². The molecular weight excluding hydrogens is 813 g/mol. The number of pyridine rings is 1. The zero-order chi connectivity index (χ0) is 46.2. The summed E-state index contributed by atoms with van der Waals surface area (Å²) in [6, 6.07) is 10.4. The number of amides is 4. The van der Waals surface area contributed by atoms with E-state index in [1.165, 1.54) is 27.4 Å². The number of carbonyl (C=O) groups is 5. The largest absolute Gasteiger partial charge is 0.508 e. The average molecular weight is 877 g/mol. The molecule has 4 amide bonds. The van der Waals surface area contributed by atoms with E-state index < -0.39 is 47.2 Å². The Morgan fingerprint density at radius 2 is 1.81 bits per heavy atom. The maximum atomic E-state index is 14.7. The third-order valence-electron chi connectivity index (χ3n) is 13.0. The number of aromatic hydroxyl groups is 1. The van der Waals surface area contributed by atoms with Gasteiger partial charge in [-0.2, -0.15) is 0 Å². The molecule has 64 heavy (non-hydrogen) atoms. The number of hydrazine groups is 1. The van der Waals surface area contributed by atoms with Crippen LogP contribution < -0.4 is 10.7 Å². The quantitative estimate of drug-likeness (QED) is 0.152. The molecule has 4 aromatic rings. The molecule has 5 heterocycles. The summed E-state index contributed by atoms with van der Waals surface area (Å²) in [5.74, 6) is -2.45. The molecule has 0 aliphatic carbocycles. The van der Waals surface area contributed by atoms with Gasteiger partial charge in [0.25, 0.3) is 5.91 Å². The molecule has 2 saturated heterocycles. The van der Waals surface area contributed by atoms with Crippen LogP contribution in [0, 0.1) is 11.3 Å². The van der Waals surface area contributed by atoms with Gasteiger partial charge in [-0.1, -0.05) is 46.8 Å². The van der Waals surface area contributed by atoms with Gasteiger partial charge in [0.1, 0.15) is 29.9 Å². The van der Waals surface area contributed by atoms with Crippen molar-refractivity contribution >= 4 is 40.5 Å². The number of aryl methyl sites for hydroxylation is 2. The van der Waals surface area contributed by atoms with Crippen LogP contribution in [0.5, 0.6) is 5.75 Å². The Balaban J connectivity index is 1.29. The smallest absolute Gasteiger partial charge is 0.324 e. The van der Waals surface area contributed by atoms with E-state index in [0.717, 1.165) is 45.3 Å². The normalized spacial score (nSPS) is 21.5. The SMILES string of the molecule is CCc1ccncc1-c1c2c3cc(ccc3n1CC)-c1cc(O)cc(c1)C[C@H](NC(=O)[C@H](C(C)C)N(C)C(=O)CN(C)C(=O)[C@@H]1CN1C)C(=O)N1CCC[C@H](N1)C(=O)OCC(C)(C)C2. The van der Waals surface area contributed by atoms with Gasteiger partial charge in [0.15, 0.2) is 0 Å². The molecule has 0 radical (unpaired) electrons. The van der Waals surface area contributed by atoms with Gasteiger partial charge in [-0.15, -0.1) is 0 Å². The lowest BCUT2D eigenvalue weighted by atomic mass is 9.84. The summed E-state index contributed by atoms with van der Waals surface area (Å²) >= 11 is 0. The summed E-state index contributed by atoms with van der Waals surface area (Å²) in [5.41, 5.74) is 10.2. The molecule has 3 aliphatic heterocycles. The lowest BCUT2D eigenvalue weighted by Gasteiger charge is -2.37. The zero-order valence-corrected chi connectivity index (χ0v) is 38.7. The second-order valence-electron chi connectivity index (χ2n) is 18.9. The van der Waals surface area contributed by atoms with Crippen molar-refractivity contribution in [2.24, 2.45) is 11.3 Å². The van der Waals surface area contributed by atoms with Crippen molar-refractivity contribution in [1.82, 2.24) is 40.0 Å². The van der Waals surface area contributed by atoms with Gasteiger partial charge in [0.05, 0.1) is 18.8 Å². The Hall–Kier alpha value is -5.80. The van der Waals surface area contributed by atoms with E-state index in [4.69, 9.17) is 4.74 Å². The van der Waals surface area contributed by atoms with E-state index in [0.29, 0.717) is 37.9 Å². The van der Waals surface area contributed by atoms with Crippen LogP contribution in [0.1, 0.15) is 71.1 Å². The topological polar surface area (TPSA) is 169 Å². The number of benzene rings is 2. The van der Waals surface area contributed by atoms with Gasteiger partial charge < -0.3 is 29.5 Å². The lowest BCUT2D eigenvalue weighted by molar-refractivity contribution is -0.155. The second-order valence-corrected chi connectivity index (χ2v) is 18.9. The third-order valence-corrected chi connectivity index (χ3v) is 13.0. The van der Waals surface area contributed by atoms with E-state index in [-0.39, 0.29) is 49.7 Å². The molecule has 1 unspecified atom stereocenters. The highest BCUT2D eigenvalue weighted by Crippen LogP contribution is 2.41. The summed E-state index contributed by atoms with van der Waals surface area (Å²) in [5, 5.41) is 16.7. The van der Waals surface area contributed by atoms with Crippen molar-refractivity contribution in [3.8, 4) is 28.1 Å². The van der Waals surface area contributed by atoms with Crippen molar-refractivity contribution < 1.29 is 33.8 Å². The summed E-state index contributed by atoms with van der Waals surface area (Å²) in [6.45, 7) is 13.6. The van der Waals surface area contributed by atoms with E-state index in [1.807, 2.05) is 50.3 Å². The maximum absolute atomic E-state index is 14.7. The summed E-state index contributed by atoms with van der Waals surface area (Å²) in [7, 11) is 4.94. The minimum Gasteiger partial charge on any atom is -0.508 e. The molecule has 15 heteroatoms. The lowest BCUT2D eigenvalue weighted by Crippen LogP contribution is -2.62. The average Bonchev–Trinajstić information content (AvgIpc) is 3.93. The number of hydrogen-bond donors (Lipinski definition) is 3. The molecule has 3 aliphatic rings. The molecule has 15 nitrogen and oxygen atoms in total. The Kier molecular flexibility index (Phi) is 13.5. The first kappa shape index (κ1) is 46.2. The molecule has 2 fully saturated rings. The first-order valence-electron chi connectivity index (χ1n) is 22.6. The van der Waals surface area contributed by atoms with Crippen LogP contribution in [0.2, 0.25) is 0 Å². The fourth-order valence-electron chi connectivity index (χ4n) is 9.44. The number of cyclic esters (lactones) is 1. The highest BCUT2D eigenvalue weighted by atomic mass is 16.5. The highest BCUT2D eigenvalue weighted by molar-refractivity contribution is 5.96. The number of phenols is 1. The van der Waals surface area contributed by atoms with Gasteiger partial charge in [0.2, 0.25) is 17.7 Å². The molecule has 0 saturated carbocycles. The van der Waals surface area contributed by atoms with Crippen molar-refractivity contribution in [1.29, 1.82) is 0 Å². The van der Waals surface area contributed by atoms with Crippen molar-refractivity contribution in [2.45, 2.75) is 104 Å². The van der Waals surface area contributed by atoms with E-state index >= 15 is 0 Å². The van der Waals surface area contributed by atoms with E-state index in [9.17, 15) is 29.1 Å². The molecular formula is C49H64N8O7. The first-order chi connectivity index (χ1) is 30.4. The summed E-state index contributed by atoms with van der Waals surface area (Å²) in [6.07, 6.45) is 6.11. The molecule has 6 bridgehead atoms. The van der Waals surface area contributed by atoms with E-state index in [1.54, 1.807) is 19.2 Å². The Labute approximate surface area is 376 Å². The number of likely N-dealkylation sites (N-methyl/N-ethyl adjacent to an activating group) is 3. The van der Waals surface area contributed by atoms with Gasteiger partial charge in [-0.3, -0.25) is 38.9 Å². The van der Waals surface area contributed by atoms with Gasteiger partial charge in [-0.05, 0) is 104 Å². The monoisotopic (exact) mass is 876 g/mol. The fraction of sp³-hybridized carbons (Fsp3) is 0.510. The number of aromatic nitrogens is 2. The Morgan fingerprint density at radius 1 is 1.06 bits per heavy atom. The molecule has 2 aromatic carbocycles. The van der Waals surface area contributed by atoms with Gasteiger partial charge >= 0.3 is 5.97 Å². The molecule has 2 aromatic heterocycles. The summed E-state index contributed by atoms with van der Waals surface area (Å²) in [4.78, 5) is 78.5. The number of carbonyl (C=O) groups excluding carboxylic acids is 5. The number of nitrogens with one attached hydrogen (secondary N) is 2. The number of nitrogens with zero attached hydrogens (tertiary/aromatic N) is 6. The number of hydrogen-bond acceptors (Lipinski definition) is 10. The standard InChI is InChI=1S/C49H64N8O7/c1-10-31-16-17-50-25-37(31)44-36-24-49(5,6)28-64-48(63)38-13-12-18-57(52-38)46(61)39(21-30-19-33(22-34(58)20-30)32-14-15-40(35(36)23-32)56(44)11-2)51-45(60)43(29(3)4)55(9)42(59)27-54(8)47(62)41-26-53(41)7/h14-17,19-20,22-23,25,29,38-39,41,43,52,58H,10-13,18,21,24,26-28H2,1-9H3,(H,51,60)/t38-,39-,41-,43-,53?/m0/s1. The predicted molar refractivity (Wildman–Crippen MR) is 245 cm³/mol. The van der Waals surface area contributed by atoms with Gasteiger partial charge in [-0.25, -0.2) is 5.43 Å². The number of ether oxygens (including phenoxy) is 1. The molecule has 0 spiro atoms. The van der Waals surface area contributed by atoms with Crippen LogP contribution in [0.25, 0.3) is 33.3 Å². The van der Waals surface area contributed by atoms with Crippen LogP contribution in [-0.2, 0) is 54.5 Å². The van der Waals surface area contributed by atoms with Crippen molar-refractivity contribution in [2.75, 3.05) is 47.4 Å². The van der Waals surface area contributed by atoms with Crippen molar-refractivity contribution in [3.63, 3.8) is 0 Å². The molecule has 5 atom stereocenters. The maximum Gasteiger partial charge on any atom is 0.324 e. The van der Waals surface area contributed by atoms with Crippen LogP contribution >= 0.6 is 0 Å². The zero-order valence-electron chi connectivity index (χ0n) is 38.7. The first-order valence-corrected chi connectivity index (χ1v) is 22.6. The fourth-order valence-corrected chi connectivity index (χ4v) is 9.44. The van der Waals surface area contributed by atoms with Crippen LogP contribution in [0.4, 0.5) is 0 Å². The van der Waals surface area contributed by atoms with Crippen LogP contribution in [0.15, 0.2) is 54.9 Å². The number of rotatable bonds is 10. The second kappa shape index (κ2) is 18.7. The Morgan fingerprint density at radius 3 is 2.50 bits per heavy atom. The third kappa shape index (κ3) is 9.65. The minimum absolute atomic E-state index is 0.00370. The van der Waals surface area contributed by atoms with Crippen molar-refractivity contribution in [3.05, 3.63) is 71.5 Å². The number of esters is 1. The van der Waals surface area contributed by atoms with E-state index in [2.05, 4.69) is 66.2 Å².